The van der Waals surface area contributed by atoms with Crippen molar-refractivity contribution in [2.45, 2.75) is 11.5 Å². The summed E-state index contributed by atoms with van der Waals surface area (Å²) in [6.45, 7) is 0.391. The molecule has 138 valence electrons. The van der Waals surface area contributed by atoms with Crippen LogP contribution in [0, 0.1) is 0 Å². The molecule has 0 aromatic heterocycles. The zero-order valence-corrected chi connectivity index (χ0v) is 15.1. The van der Waals surface area contributed by atoms with Crippen molar-refractivity contribution in [1.29, 1.82) is 0 Å². The van der Waals surface area contributed by atoms with Gasteiger partial charge in [-0.3, -0.25) is 4.79 Å². The van der Waals surface area contributed by atoms with Crippen molar-refractivity contribution in [3.05, 3.63) is 90.0 Å². The van der Waals surface area contributed by atoms with Crippen LogP contribution in [0.25, 0.3) is 0 Å². The Balaban J connectivity index is 1.70. The fourth-order valence-electron chi connectivity index (χ4n) is 2.42. The number of hydrogen-bond donors (Lipinski definition) is 2. The molecule has 0 radical (unpaired) electrons. The molecule has 3 N–H and O–H groups in total. The summed E-state index contributed by atoms with van der Waals surface area (Å²) in [4.78, 5) is 12.4. The molecular weight excluding hydrogens is 364 g/mol. The summed E-state index contributed by atoms with van der Waals surface area (Å²) >= 11 is 0. The molecule has 0 saturated carbocycles. The van der Waals surface area contributed by atoms with Crippen molar-refractivity contribution >= 4 is 21.6 Å². The van der Waals surface area contributed by atoms with Crippen LogP contribution in [-0.2, 0) is 16.6 Å². The molecule has 0 atom stereocenters. The minimum Gasteiger partial charge on any atom is -0.489 e. The Morgan fingerprint density at radius 1 is 0.926 bits per heavy atom. The monoisotopic (exact) mass is 382 g/mol. The fraction of sp³-hybridized carbons (Fsp3) is 0.0500. The van der Waals surface area contributed by atoms with Crippen LogP contribution < -0.4 is 15.2 Å². The number of anilines is 1. The molecular formula is C20H18N2O4S. The van der Waals surface area contributed by atoms with Gasteiger partial charge in [0.05, 0.1) is 4.90 Å². The average molecular weight is 382 g/mol. The fourth-order valence-corrected chi connectivity index (χ4v) is 2.98. The van der Waals surface area contributed by atoms with Gasteiger partial charge in [-0.15, -0.1) is 0 Å². The van der Waals surface area contributed by atoms with Gasteiger partial charge in [0.25, 0.3) is 5.91 Å². The second kappa shape index (κ2) is 8.03. The predicted octanol–water partition coefficient (Wildman–Crippen LogP) is 3.17. The van der Waals surface area contributed by atoms with Gasteiger partial charge in [0.15, 0.2) is 0 Å². The maximum atomic E-state index is 12.5. The van der Waals surface area contributed by atoms with E-state index in [1.54, 1.807) is 30.3 Å². The summed E-state index contributed by atoms with van der Waals surface area (Å²) in [7, 11) is -3.84. The number of rotatable bonds is 6. The van der Waals surface area contributed by atoms with Crippen molar-refractivity contribution < 1.29 is 17.9 Å². The van der Waals surface area contributed by atoms with E-state index in [4.69, 9.17) is 9.88 Å². The third-order valence-electron chi connectivity index (χ3n) is 3.76. The van der Waals surface area contributed by atoms with E-state index >= 15 is 0 Å². The Morgan fingerprint density at radius 3 is 2.41 bits per heavy atom. The maximum Gasteiger partial charge on any atom is 0.255 e. The minimum atomic E-state index is -3.84. The highest BCUT2D eigenvalue weighted by atomic mass is 32.2. The molecule has 3 rings (SSSR count). The molecule has 0 saturated heterocycles. The van der Waals surface area contributed by atoms with Gasteiger partial charge >= 0.3 is 0 Å². The van der Waals surface area contributed by atoms with Gasteiger partial charge in [-0.1, -0.05) is 42.5 Å². The second-order valence-electron chi connectivity index (χ2n) is 5.83. The molecule has 0 heterocycles. The first-order chi connectivity index (χ1) is 12.9. The van der Waals surface area contributed by atoms with Crippen molar-refractivity contribution in [2.24, 2.45) is 5.14 Å². The molecule has 0 unspecified atom stereocenters. The maximum absolute atomic E-state index is 12.5. The first-order valence-corrected chi connectivity index (χ1v) is 9.67. The van der Waals surface area contributed by atoms with Crippen LogP contribution in [-0.4, -0.2) is 14.3 Å². The zero-order chi connectivity index (χ0) is 19.3. The van der Waals surface area contributed by atoms with E-state index < -0.39 is 10.0 Å². The molecule has 0 aliphatic rings. The number of carbonyl (C=O) groups excluding carboxylic acids is 1. The molecule has 3 aromatic carbocycles. The van der Waals surface area contributed by atoms with Crippen LogP contribution >= 0.6 is 0 Å². The molecule has 1 amide bonds. The first kappa shape index (κ1) is 18.6. The van der Waals surface area contributed by atoms with Gasteiger partial charge in [-0.25, -0.2) is 13.6 Å². The highest BCUT2D eigenvalue weighted by Crippen LogP contribution is 2.18. The summed E-state index contributed by atoms with van der Waals surface area (Å²) in [6, 6.07) is 22.2. The van der Waals surface area contributed by atoms with Gasteiger partial charge < -0.3 is 10.1 Å². The quantitative estimate of drug-likeness (QED) is 0.684. The van der Waals surface area contributed by atoms with Gasteiger partial charge in [-0.05, 0) is 42.0 Å². The molecule has 7 heteroatoms. The van der Waals surface area contributed by atoms with E-state index in [0.717, 1.165) is 5.56 Å². The smallest absolute Gasteiger partial charge is 0.255 e. The van der Waals surface area contributed by atoms with Crippen molar-refractivity contribution in [3.8, 4) is 5.75 Å². The molecule has 0 aliphatic heterocycles. The minimum absolute atomic E-state index is 0.0692. The topological polar surface area (TPSA) is 98.5 Å². The second-order valence-corrected chi connectivity index (χ2v) is 7.39. The van der Waals surface area contributed by atoms with Crippen LogP contribution in [0.2, 0.25) is 0 Å². The van der Waals surface area contributed by atoms with E-state index in [0.29, 0.717) is 23.6 Å². The van der Waals surface area contributed by atoms with Crippen LogP contribution in [0.4, 0.5) is 5.69 Å². The lowest BCUT2D eigenvalue weighted by Crippen LogP contribution is -2.15. The highest BCUT2D eigenvalue weighted by Gasteiger charge is 2.11. The Bertz CT molecular complexity index is 1050. The molecule has 0 fully saturated rings. The van der Waals surface area contributed by atoms with E-state index in [-0.39, 0.29) is 10.8 Å². The Morgan fingerprint density at radius 2 is 1.67 bits per heavy atom. The molecule has 0 aliphatic carbocycles. The average Bonchev–Trinajstić information content (AvgIpc) is 2.67. The van der Waals surface area contributed by atoms with Crippen molar-refractivity contribution in [2.75, 3.05) is 5.32 Å². The lowest BCUT2D eigenvalue weighted by Gasteiger charge is -2.09. The molecule has 6 nitrogen and oxygen atoms in total. The SMILES string of the molecule is NS(=O)(=O)c1cccc(NC(=O)c2cccc(OCc3ccccc3)c2)c1. The van der Waals surface area contributed by atoms with E-state index in [1.165, 1.54) is 18.2 Å². The third kappa shape index (κ3) is 5.16. The van der Waals surface area contributed by atoms with Crippen molar-refractivity contribution in [1.82, 2.24) is 0 Å². The number of sulfonamides is 1. The van der Waals surface area contributed by atoms with E-state index in [1.807, 2.05) is 30.3 Å². The molecule has 3 aromatic rings. The lowest BCUT2D eigenvalue weighted by molar-refractivity contribution is 0.102. The molecule has 0 spiro atoms. The number of hydrogen-bond acceptors (Lipinski definition) is 4. The Labute approximate surface area is 157 Å². The first-order valence-electron chi connectivity index (χ1n) is 8.13. The van der Waals surface area contributed by atoms with Crippen LogP contribution in [0.1, 0.15) is 15.9 Å². The Kier molecular flexibility index (Phi) is 5.54. The van der Waals surface area contributed by atoms with Crippen LogP contribution in [0.3, 0.4) is 0 Å². The number of benzene rings is 3. The van der Waals surface area contributed by atoms with E-state index in [9.17, 15) is 13.2 Å². The van der Waals surface area contributed by atoms with Gasteiger partial charge in [-0.2, -0.15) is 0 Å². The largest absolute Gasteiger partial charge is 0.489 e. The zero-order valence-electron chi connectivity index (χ0n) is 14.3. The highest BCUT2D eigenvalue weighted by molar-refractivity contribution is 7.89. The molecule has 27 heavy (non-hydrogen) atoms. The van der Waals surface area contributed by atoms with Gasteiger partial charge in [0.2, 0.25) is 10.0 Å². The summed E-state index contributed by atoms with van der Waals surface area (Å²) in [5.41, 5.74) is 1.75. The summed E-state index contributed by atoms with van der Waals surface area (Å²) in [5, 5.41) is 7.77. The van der Waals surface area contributed by atoms with Crippen LogP contribution in [0.5, 0.6) is 5.75 Å². The lowest BCUT2D eigenvalue weighted by atomic mass is 10.2. The predicted molar refractivity (Wildman–Crippen MR) is 103 cm³/mol. The standard InChI is InChI=1S/C20H18N2O4S/c21-27(24,25)19-11-5-9-17(13-19)22-20(23)16-8-4-10-18(12-16)26-14-15-6-2-1-3-7-15/h1-13H,14H2,(H,22,23)(H2,21,24,25). The van der Waals surface area contributed by atoms with Crippen molar-refractivity contribution in [3.63, 3.8) is 0 Å². The Hall–Kier alpha value is -3.16. The van der Waals surface area contributed by atoms with Gasteiger partial charge in [0.1, 0.15) is 12.4 Å². The summed E-state index contributed by atoms with van der Waals surface area (Å²) in [5.74, 6) is 0.177. The number of nitrogens with one attached hydrogen (secondary N) is 1. The summed E-state index contributed by atoms with van der Waals surface area (Å²) < 4.78 is 28.6. The van der Waals surface area contributed by atoms with E-state index in [2.05, 4.69) is 5.32 Å². The van der Waals surface area contributed by atoms with Gasteiger partial charge in [0, 0.05) is 11.3 Å². The van der Waals surface area contributed by atoms with Crippen LogP contribution in [0.15, 0.2) is 83.8 Å². The number of ether oxygens (including phenoxy) is 1. The number of primary sulfonamides is 1. The molecule has 0 bridgehead atoms. The normalized spacial score (nSPS) is 11.0. The number of nitrogens with two attached hydrogens (primary N) is 1. The number of carbonyl (C=O) groups is 1. The summed E-state index contributed by atoms with van der Waals surface area (Å²) in [6.07, 6.45) is 0. The third-order valence-corrected chi connectivity index (χ3v) is 4.68. The number of amides is 1.